The molecule has 1 heterocycles. The summed E-state index contributed by atoms with van der Waals surface area (Å²) in [6.45, 7) is 3.62. The Morgan fingerprint density at radius 2 is 1.81 bits per heavy atom. The number of aliphatic imine (C=N–C) groups is 1. The van der Waals surface area contributed by atoms with Crippen molar-refractivity contribution < 1.29 is 9.53 Å². The number of hydrogen-bond donors (Lipinski definition) is 1. The molecular weight excluding hydrogens is 418 g/mol. The Hall–Kier alpha value is -3.51. The average Bonchev–Trinajstić information content (AvgIpc) is 2.93. The molecule has 0 unspecified atom stereocenters. The Bertz CT molecular complexity index is 1170. The molecular formula is C26H25N3O2S. The molecule has 0 aliphatic carbocycles. The molecule has 5 nitrogen and oxygen atoms in total. The van der Waals surface area contributed by atoms with E-state index in [4.69, 9.17) is 4.74 Å². The van der Waals surface area contributed by atoms with Crippen LogP contribution in [0.15, 0.2) is 82.8 Å². The Morgan fingerprint density at radius 1 is 1.06 bits per heavy atom. The van der Waals surface area contributed by atoms with E-state index in [1.54, 1.807) is 30.1 Å². The van der Waals surface area contributed by atoms with Gasteiger partial charge in [0.15, 0.2) is 5.75 Å². The fourth-order valence-electron chi connectivity index (χ4n) is 3.43. The second-order valence-electron chi connectivity index (χ2n) is 7.69. The van der Waals surface area contributed by atoms with Crippen molar-refractivity contribution in [2.75, 3.05) is 24.3 Å². The molecule has 1 aliphatic rings. The number of carbonyl (C=O) groups is 1. The largest absolute Gasteiger partial charge is 0.454 e. The molecule has 0 atom stereocenters. The van der Waals surface area contributed by atoms with Crippen molar-refractivity contribution in [3.8, 4) is 11.5 Å². The van der Waals surface area contributed by atoms with Crippen LogP contribution in [0.5, 0.6) is 11.5 Å². The third-order valence-electron chi connectivity index (χ3n) is 5.13. The highest BCUT2D eigenvalue weighted by atomic mass is 32.2. The van der Waals surface area contributed by atoms with E-state index in [9.17, 15) is 4.79 Å². The molecule has 1 N–H and O–H groups in total. The number of nitrogens with zero attached hydrogens (tertiary/aromatic N) is 2. The first-order valence-corrected chi connectivity index (χ1v) is 11.3. The number of amides is 1. The lowest BCUT2D eigenvalue weighted by atomic mass is 10.1. The quantitative estimate of drug-likeness (QED) is 0.447. The standard InChI is InChI=1S/C26H25N3O2S/c1-27-16-21(32-17-18-8-11-20(12-9-18)29(2)3)14-19-10-13-25-23(15-19)28-26(30)22-6-4-5-7-24(22)31-25/h4-13,15-16H,1,14,17H2,2-3H3,(H,28,30)/b21-16-. The Kier molecular flexibility index (Phi) is 6.61. The molecule has 0 spiro atoms. The van der Waals surface area contributed by atoms with E-state index in [0.29, 0.717) is 29.2 Å². The number of allylic oxidation sites excluding steroid dienone is 1. The Balaban J connectivity index is 1.47. The van der Waals surface area contributed by atoms with Crippen LogP contribution in [0, 0.1) is 0 Å². The highest BCUT2D eigenvalue weighted by Crippen LogP contribution is 2.37. The smallest absolute Gasteiger partial charge is 0.259 e. The first-order chi connectivity index (χ1) is 15.5. The van der Waals surface area contributed by atoms with Gasteiger partial charge in [-0.2, -0.15) is 0 Å². The second kappa shape index (κ2) is 9.75. The Labute approximate surface area is 192 Å². The van der Waals surface area contributed by atoms with Gasteiger partial charge in [-0.15, -0.1) is 11.8 Å². The number of rotatable bonds is 7. The van der Waals surface area contributed by atoms with Crippen molar-refractivity contribution in [2.24, 2.45) is 4.99 Å². The third kappa shape index (κ3) is 5.03. The number of ether oxygens (including phenoxy) is 1. The van der Waals surface area contributed by atoms with E-state index in [0.717, 1.165) is 16.2 Å². The lowest BCUT2D eigenvalue weighted by Gasteiger charge is -2.13. The van der Waals surface area contributed by atoms with Gasteiger partial charge in [0.05, 0.1) is 11.3 Å². The number of fused-ring (bicyclic) bond motifs is 2. The van der Waals surface area contributed by atoms with Gasteiger partial charge >= 0.3 is 0 Å². The number of benzene rings is 3. The normalized spacial score (nSPS) is 12.7. The van der Waals surface area contributed by atoms with Crippen LogP contribution in [-0.2, 0) is 12.2 Å². The topological polar surface area (TPSA) is 53.9 Å². The van der Waals surface area contributed by atoms with E-state index in [2.05, 4.69) is 46.2 Å². The van der Waals surface area contributed by atoms with Crippen molar-refractivity contribution in [3.05, 3.63) is 94.5 Å². The van der Waals surface area contributed by atoms with Crippen LogP contribution in [0.4, 0.5) is 11.4 Å². The number of carbonyl (C=O) groups excluding carboxylic acids is 1. The summed E-state index contributed by atoms with van der Waals surface area (Å²) in [5.41, 5.74) is 4.68. The zero-order valence-electron chi connectivity index (χ0n) is 18.2. The van der Waals surface area contributed by atoms with Gasteiger partial charge in [0, 0.05) is 43.1 Å². The summed E-state index contributed by atoms with van der Waals surface area (Å²) in [5.74, 6) is 1.86. The molecule has 0 saturated carbocycles. The number of nitrogens with one attached hydrogen (secondary N) is 1. The van der Waals surface area contributed by atoms with Crippen molar-refractivity contribution in [2.45, 2.75) is 12.2 Å². The van der Waals surface area contributed by atoms with Crippen LogP contribution in [0.2, 0.25) is 0 Å². The summed E-state index contributed by atoms with van der Waals surface area (Å²) in [4.78, 5) is 19.8. The maximum absolute atomic E-state index is 12.6. The Morgan fingerprint density at radius 3 is 2.56 bits per heavy atom. The summed E-state index contributed by atoms with van der Waals surface area (Å²) in [6, 6.07) is 21.7. The van der Waals surface area contributed by atoms with Crippen LogP contribution in [0.3, 0.4) is 0 Å². The zero-order valence-corrected chi connectivity index (χ0v) is 19.0. The molecule has 1 amide bonds. The van der Waals surface area contributed by atoms with Crippen LogP contribution in [0.1, 0.15) is 21.5 Å². The molecule has 0 radical (unpaired) electrons. The maximum atomic E-state index is 12.6. The maximum Gasteiger partial charge on any atom is 0.259 e. The van der Waals surface area contributed by atoms with Gasteiger partial charge in [-0.05, 0) is 54.2 Å². The summed E-state index contributed by atoms with van der Waals surface area (Å²) < 4.78 is 5.98. The molecule has 4 rings (SSSR count). The number of hydrogen-bond acceptors (Lipinski definition) is 5. The van der Waals surface area contributed by atoms with Crippen molar-refractivity contribution >= 4 is 35.8 Å². The fraction of sp³-hybridized carbons (Fsp3) is 0.154. The number of anilines is 2. The van der Waals surface area contributed by atoms with Crippen LogP contribution in [-0.4, -0.2) is 26.7 Å². The van der Waals surface area contributed by atoms with Crippen LogP contribution in [0.25, 0.3) is 0 Å². The fourth-order valence-corrected chi connectivity index (χ4v) is 4.39. The van der Waals surface area contributed by atoms with E-state index in [1.807, 2.05) is 44.4 Å². The van der Waals surface area contributed by atoms with E-state index >= 15 is 0 Å². The summed E-state index contributed by atoms with van der Waals surface area (Å²) in [5, 5.41) is 2.97. The second-order valence-corrected chi connectivity index (χ2v) is 8.79. The van der Waals surface area contributed by atoms with Crippen LogP contribution < -0.4 is 15.0 Å². The van der Waals surface area contributed by atoms with Crippen LogP contribution >= 0.6 is 11.8 Å². The third-order valence-corrected chi connectivity index (χ3v) is 6.23. The molecule has 3 aromatic rings. The zero-order chi connectivity index (χ0) is 22.5. The molecule has 0 aromatic heterocycles. The van der Waals surface area contributed by atoms with Crippen molar-refractivity contribution in [3.63, 3.8) is 0 Å². The molecule has 32 heavy (non-hydrogen) atoms. The minimum absolute atomic E-state index is 0.171. The van der Waals surface area contributed by atoms with Gasteiger partial charge < -0.3 is 15.0 Å². The van der Waals surface area contributed by atoms with Gasteiger partial charge in [-0.1, -0.05) is 30.3 Å². The van der Waals surface area contributed by atoms with Gasteiger partial charge in [0.2, 0.25) is 0 Å². The number of para-hydroxylation sites is 1. The van der Waals surface area contributed by atoms with Gasteiger partial charge in [-0.3, -0.25) is 9.79 Å². The molecule has 0 fully saturated rings. The van der Waals surface area contributed by atoms with E-state index < -0.39 is 0 Å². The molecule has 162 valence electrons. The highest BCUT2D eigenvalue weighted by molar-refractivity contribution is 8.02. The molecule has 6 heteroatoms. The minimum Gasteiger partial charge on any atom is -0.454 e. The molecule has 1 aliphatic heterocycles. The first-order valence-electron chi connectivity index (χ1n) is 10.3. The average molecular weight is 444 g/mol. The lowest BCUT2D eigenvalue weighted by molar-refractivity contribution is 0.102. The molecule has 0 bridgehead atoms. The van der Waals surface area contributed by atoms with Gasteiger partial charge in [0.25, 0.3) is 5.91 Å². The predicted molar refractivity (Wildman–Crippen MR) is 134 cm³/mol. The molecule has 3 aromatic carbocycles. The molecule has 0 saturated heterocycles. The lowest BCUT2D eigenvalue weighted by Crippen LogP contribution is -2.10. The monoisotopic (exact) mass is 443 g/mol. The summed E-state index contributed by atoms with van der Waals surface area (Å²) in [7, 11) is 4.07. The van der Waals surface area contributed by atoms with Gasteiger partial charge in [0.1, 0.15) is 5.75 Å². The highest BCUT2D eigenvalue weighted by Gasteiger charge is 2.20. The number of thioether (sulfide) groups is 1. The summed E-state index contributed by atoms with van der Waals surface area (Å²) in [6.07, 6.45) is 2.49. The summed E-state index contributed by atoms with van der Waals surface area (Å²) >= 11 is 1.74. The van der Waals surface area contributed by atoms with E-state index in [1.165, 1.54) is 11.3 Å². The predicted octanol–water partition coefficient (Wildman–Crippen LogP) is 6.13. The van der Waals surface area contributed by atoms with Crippen molar-refractivity contribution in [1.82, 2.24) is 0 Å². The minimum atomic E-state index is -0.171. The van der Waals surface area contributed by atoms with Crippen molar-refractivity contribution in [1.29, 1.82) is 0 Å². The SMILES string of the molecule is C=N/C=C(/Cc1ccc2c(c1)NC(=O)c1ccccc1O2)SCc1ccc(N(C)C)cc1. The van der Waals surface area contributed by atoms with E-state index in [-0.39, 0.29) is 5.91 Å². The first kappa shape index (κ1) is 21.7. The van der Waals surface area contributed by atoms with Gasteiger partial charge in [-0.25, -0.2) is 0 Å².